The van der Waals surface area contributed by atoms with E-state index in [0.29, 0.717) is 15.7 Å². The first-order valence-electron chi connectivity index (χ1n) is 8.60. The predicted molar refractivity (Wildman–Crippen MR) is 111 cm³/mol. The van der Waals surface area contributed by atoms with Gasteiger partial charge in [0.25, 0.3) is 11.9 Å². The molecule has 0 unspecified atom stereocenters. The van der Waals surface area contributed by atoms with Gasteiger partial charge in [-0.15, -0.1) is 16.4 Å². The Balaban J connectivity index is 1.47. The van der Waals surface area contributed by atoms with Crippen LogP contribution in [0.5, 0.6) is 5.75 Å². The van der Waals surface area contributed by atoms with E-state index >= 15 is 0 Å². The molecule has 1 N–H and O–H groups in total. The van der Waals surface area contributed by atoms with E-state index in [4.69, 9.17) is 16.3 Å². The molecule has 0 aliphatic heterocycles. The number of rotatable bonds is 5. The molecule has 1 amide bonds. The van der Waals surface area contributed by atoms with Crippen LogP contribution in [0.15, 0.2) is 47.8 Å². The van der Waals surface area contributed by atoms with Gasteiger partial charge in [-0.3, -0.25) is 10.1 Å². The van der Waals surface area contributed by atoms with Crippen molar-refractivity contribution >= 4 is 39.8 Å². The third-order valence-corrected chi connectivity index (χ3v) is 5.45. The van der Waals surface area contributed by atoms with Crippen LogP contribution in [0.3, 0.4) is 0 Å². The Kier molecular flexibility index (Phi) is 5.02. The molecule has 6 nitrogen and oxygen atoms in total. The number of halogens is 1. The monoisotopic (exact) mass is 412 g/mol. The quantitative estimate of drug-likeness (QED) is 0.513. The number of nitrogens with one attached hydrogen (secondary N) is 1. The van der Waals surface area contributed by atoms with Crippen molar-refractivity contribution < 1.29 is 9.53 Å². The van der Waals surface area contributed by atoms with E-state index in [1.807, 2.05) is 61.7 Å². The lowest BCUT2D eigenvalue weighted by atomic mass is 10.1. The van der Waals surface area contributed by atoms with E-state index in [-0.39, 0.29) is 18.5 Å². The van der Waals surface area contributed by atoms with Crippen LogP contribution in [0, 0.1) is 13.8 Å². The summed E-state index contributed by atoms with van der Waals surface area (Å²) in [5, 5.41) is 9.72. The average molecular weight is 413 g/mol. The first-order valence-corrected chi connectivity index (χ1v) is 9.86. The average Bonchev–Trinajstić information content (AvgIpc) is 3.24. The van der Waals surface area contributed by atoms with Crippen LogP contribution in [0.1, 0.15) is 11.1 Å². The minimum absolute atomic E-state index is 0.110. The van der Waals surface area contributed by atoms with Crippen molar-refractivity contribution in [3.63, 3.8) is 0 Å². The summed E-state index contributed by atoms with van der Waals surface area (Å²) in [6.07, 6.45) is 0. The largest absolute Gasteiger partial charge is 0.483 e. The summed E-state index contributed by atoms with van der Waals surface area (Å²) in [7, 11) is 0. The molecule has 4 rings (SSSR count). The number of thiazole rings is 1. The number of aryl methyl sites for hydroxylation is 1. The Bertz CT molecular complexity index is 1150. The highest BCUT2D eigenvalue weighted by Crippen LogP contribution is 2.27. The number of anilines is 1. The summed E-state index contributed by atoms with van der Waals surface area (Å²) in [4.78, 5) is 17.3. The molecule has 28 heavy (non-hydrogen) atoms. The zero-order valence-electron chi connectivity index (χ0n) is 15.3. The Morgan fingerprint density at radius 3 is 2.79 bits per heavy atom. The second kappa shape index (κ2) is 7.61. The topological polar surface area (TPSA) is 68.5 Å². The molecule has 2 aromatic carbocycles. The van der Waals surface area contributed by atoms with Gasteiger partial charge in [0.1, 0.15) is 5.75 Å². The van der Waals surface area contributed by atoms with Gasteiger partial charge in [0, 0.05) is 16.0 Å². The van der Waals surface area contributed by atoms with Crippen molar-refractivity contribution in [2.24, 2.45) is 0 Å². The minimum atomic E-state index is -0.313. The molecule has 8 heteroatoms. The molecule has 0 radical (unpaired) electrons. The molecular formula is C20H17ClN4O2S. The number of hydrogen-bond acceptors (Lipinski definition) is 5. The number of nitrogens with zero attached hydrogens (tertiary/aromatic N) is 3. The van der Waals surface area contributed by atoms with Gasteiger partial charge in [0.15, 0.2) is 6.61 Å². The number of aromatic nitrogens is 3. The molecule has 0 saturated carbocycles. The normalized spacial score (nSPS) is 11.0. The zero-order valence-corrected chi connectivity index (χ0v) is 16.8. The smallest absolute Gasteiger partial charge is 0.264 e. The van der Waals surface area contributed by atoms with Crippen LogP contribution in [0.4, 0.5) is 5.95 Å². The maximum Gasteiger partial charge on any atom is 0.264 e. The molecular weight excluding hydrogens is 396 g/mol. The van der Waals surface area contributed by atoms with Crippen LogP contribution < -0.4 is 10.1 Å². The van der Waals surface area contributed by atoms with Gasteiger partial charge in [-0.05, 0) is 43.2 Å². The molecule has 0 atom stereocenters. The van der Waals surface area contributed by atoms with Crippen molar-refractivity contribution in [2.75, 3.05) is 11.9 Å². The molecule has 0 aliphatic rings. The van der Waals surface area contributed by atoms with E-state index in [0.717, 1.165) is 22.4 Å². The van der Waals surface area contributed by atoms with E-state index in [1.54, 1.807) is 4.52 Å². The van der Waals surface area contributed by atoms with E-state index in [2.05, 4.69) is 15.4 Å². The molecule has 4 aromatic rings. The highest BCUT2D eigenvalue weighted by atomic mass is 35.5. The lowest BCUT2D eigenvalue weighted by Gasteiger charge is -2.10. The first kappa shape index (κ1) is 18.5. The van der Waals surface area contributed by atoms with Gasteiger partial charge in [0.05, 0.1) is 5.69 Å². The first-order chi connectivity index (χ1) is 13.5. The van der Waals surface area contributed by atoms with Gasteiger partial charge in [-0.2, -0.15) is 4.98 Å². The molecule has 2 heterocycles. The number of amides is 1. The third-order valence-electron chi connectivity index (χ3n) is 4.39. The summed E-state index contributed by atoms with van der Waals surface area (Å²) in [5.74, 6) is 0.628. The molecule has 142 valence electrons. The summed E-state index contributed by atoms with van der Waals surface area (Å²) >= 11 is 7.40. The second-order valence-electron chi connectivity index (χ2n) is 6.29. The molecule has 2 aromatic heterocycles. The minimum Gasteiger partial charge on any atom is -0.483 e. The fourth-order valence-electron chi connectivity index (χ4n) is 2.74. The van der Waals surface area contributed by atoms with Crippen LogP contribution in [-0.2, 0) is 4.79 Å². The van der Waals surface area contributed by atoms with E-state index in [1.165, 1.54) is 11.3 Å². The van der Waals surface area contributed by atoms with Gasteiger partial charge < -0.3 is 4.74 Å². The number of benzene rings is 2. The fraction of sp³-hybridized carbons (Fsp3) is 0.150. The zero-order chi connectivity index (χ0) is 19.7. The SMILES string of the molecule is Cc1cccc(OCC(=O)Nc2nc3scc(-c4ccc(Cl)cc4)n3n2)c1C. The second-order valence-corrected chi connectivity index (χ2v) is 7.57. The highest BCUT2D eigenvalue weighted by molar-refractivity contribution is 7.15. The highest BCUT2D eigenvalue weighted by Gasteiger charge is 2.14. The number of ether oxygens (including phenoxy) is 1. The molecule has 0 aliphatic carbocycles. The number of fused-ring (bicyclic) bond motifs is 1. The predicted octanol–water partition coefficient (Wildman–Crippen LogP) is 4.75. The summed E-state index contributed by atoms with van der Waals surface area (Å²) < 4.78 is 7.33. The molecule has 0 fully saturated rings. The van der Waals surface area contributed by atoms with Crippen molar-refractivity contribution in [1.29, 1.82) is 0 Å². The lowest BCUT2D eigenvalue weighted by Crippen LogP contribution is -2.21. The lowest BCUT2D eigenvalue weighted by molar-refractivity contribution is -0.118. The summed E-state index contributed by atoms with van der Waals surface area (Å²) in [5.41, 5.74) is 3.99. The standard InChI is InChI=1S/C20H17ClN4O2S/c1-12-4-3-5-17(13(12)2)27-10-18(26)22-19-23-20-25(24-19)16(11-28-20)14-6-8-15(21)9-7-14/h3-9,11H,10H2,1-2H3,(H,22,24,26). The van der Waals surface area contributed by atoms with E-state index in [9.17, 15) is 4.79 Å². The molecule has 0 spiro atoms. The van der Waals surface area contributed by atoms with Crippen molar-refractivity contribution in [1.82, 2.24) is 14.6 Å². The van der Waals surface area contributed by atoms with Crippen molar-refractivity contribution in [3.05, 3.63) is 64.0 Å². The summed E-state index contributed by atoms with van der Waals surface area (Å²) in [6, 6.07) is 13.2. The Morgan fingerprint density at radius 2 is 2.00 bits per heavy atom. The Morgan fingerprint density at radius 1 is 1.21 bits per heavy atom. The van der Waals surface area contributed by atoms with Gasteiger partial charge >= 0.3 is 0 Å². The van der Waals surface area contributed by atoms with Crippen LogP contribution in [-0.4, -0.2) is 27.1 Å². The van der Waals surface area contributed by atoms with Crippen LogP contribution in [0.2, 0.25) is 5.02 Å². The van der Waals surface area contributed by atoms with Crippen molar-refractivity contribution in [2.45, 2.75) is 13.8 Å². The number of carbonyl (C=O) groups is 1. The Hall–Kier alpha value is -2.90. The fourth-order valence-corrected chi connectivity index (χ4v) is 3.70. The summed E-state index contributed by atoms with van der Waals surface area (Å²) in [6.45, 7) is 3.86. The Labute approximate surface area is 170 Å². The van der Waals surface area contributed by atoms with Crippen molar-refractivity contribution in [3.8, 4) is 17.0 Å². The molecule has 0 bridgehead atoms. The third kappa shape index (κ3) is 3.72. The molecule has 0 saturated heterocycles. The maximum absolute atomic E-state index is 12.2. The number of hydrogen-bond donors (Lipinski definition) is 1. The van der Waals surface area contributed by atoms with E-state index < -0.39 is 0 Å². The number of carbonyl (C=O) groups excluding carboxylic acids is 1. The van der Waals surface area contributed by atoms with Gasteiger partial charge in [-0.25, -0.2) is 4.52 Å². The van der Waals surface area contributed by atoms with Gasteiger partial charge in [-0.1, -0.05) is 35.9 Å². The maximum atomic E-state index is 12.2. The van der Waals surface area contributed by atoms with Crippen LogP contribution in [0.25, 0.3) is 16.2 Å². The van der Waals surface area contributed by atoms with Gasteiger partial charge in [0.2, 0.25) is 4.96 Å². The van der Waals surface area contributed by atoms with Crippen LogP contribution >= 0.6 is 22.9 Å².